The van der Waals surface area contributed by atoms with Gasteiger partial charge >= 0.3 is 0 Å². The molecule has 0 aliphatic rings. The van der Waals surface area contributed by atoms with Gasteiger partial charge in [0.1, 0.15) is 5.76 Å². The fraction of sp³-hybridized carbons (Fsp3) is 0.467. The SMILES string of the molecule is COCc1c(CNCC(C)C)oc2c(F)c(F)cc(Br)c12. The molecule has 1 heterocycles. The molecule has 0 aliphatic heterocycles. The van der Waals surface area contributed by atoms with Crippen molar-refractivity contribution in [2.45, 2.75) is 27.0 Å². The molecule has 1 N–H and O–H groups in total. The molecular weight excluding hydrogens is 344 g/mol. The van der Waals surface area contributed by atoms with Gasteiger partial charge in [-0.15, -0.1) is 0 Å². The number of hydrogen-bond donors (Lipinski definition) is 1. The Morgan fingerprint density at radius 3 is 2.71 bits per heavy atom. The fourth-order valence-electron chi connectivity index (χ4n) is 2.19. The number of fused-ring (bicyclic) bond motifs is 1. The Hall–Kier alpha value is -0.980. The van der Waals surface area contributed by atoms with E-state index < -0.39 is 11.6 Å². The van der Waals surface area contributed by atoms with Gasteiger partial charge in [-0.3, -0.25) is 0 Å². The van der Waals surface area contributed by atoms with Crippen LogP contribution in [0.4, 0.5) is 8.78 Å². The molecule has 0 saturated carbocycles. The van der Waals surface area contributed by atoms with E-state index in [0.717, 1.165) is 18.2 Å². The van der Waals surface area contributed by atoms with Crippen molar-refractivity contribution in [3.63, 3.8) is 0 Å². The maximum Gasteiger partial charge on any atom is 0.201 e. The molecule has 0 fully saturated rings. The zero-order valence-corrected chi connectivity index (χ0v) is 13.8. The molecule has 21 heavy (non-hydrogen) atoms. The predicted molar refractivity (Wildman–Crippen MR) is 81.1 cm³/mol. The summed E-state index contributed by atoms with van der Waals surface area (Å²) in [7, 11) is 1.55. The van der Waals surface area contributed by atoms with Crippen LogP contribution in [0.1, 0.15) is 25.2 Å². The van der Waals surface area contributed by atoms with E-state index in [4.69, 9.17) is 9.15 Å². The first-order valence-electron chi connectivity index (χ1n) is 6.73. The van der Waals surface area contributed by atoms with Crippen LogP contribution in [0, 0.1) is 17.6 Å². The molecule has 0 amide bonds. The quantitative estimate of drug-likeness (QED) is 0.776. The first-order valence-corrected chi connectivity index (χ1v) is 7.52. The molecule has 2 rings (SSSR count). The van der Waals surface area contributed by atoms with Crippen molar-refractivity contribution in [2.24, 2.45) is 5.92 Å². The van der Waals surface area contributed by atoms with Crippen molar-refractivity contribution in [1.29, 1.82) is 0 Å². The molecule has 116 valence electrons. The second kappa shape index (κ2) is 6.85. The summed E-state index contributed by atoms with van der Waals surface area (Å²) >= 11 is 3.26. The summed E-state index contributed by atoms with van der Waals surface area (Å²) in [4.78, 5) is 0. The molecule has 0 saturated heterocycles. The number of hydrogen-bond acceptors (Lipinski definition) is 3. The molecule has 3 nitrogen and oxygen atoms in total. The Labute approximate surface area is 130 Å². The number of furan rings is 1. The van der Waals surface area contributed by atoms with Gasteiger partial charge < -0.3 is 14.5 Å². The van der Waals surface area contributed by atoms with Crippen molar-refractivity contribution < 1.29 is 17.9 Å². The van der Waals surface area contributed by atoms with Crippen LogP contribution in [0.3, 0.4) is 0 Å². The fourth-order valence-corrected chi connectivity index (χ4v) is 2.81. The number of halogens is 3. The summed E-state index contributed by atoms with van der Waals surface area (Å²) in [5.74, 6) is -0.853. The molecule has 0 atom stereocenters. The van der Waals surface area contributed by atoms with Gasteiger partial charge in [-0.2, -0.15) is 4.39 Å². The summed E-state index contributed by atoms with van der Waals surface area (Å²) < 4.78 is 38.6. The third-order valence-corrected chi connectivity index (χ3v) is 3.74. The van der Waals surface area contributed by atoms with E-state index in [0.29, 0.717) is 28.1 Å². The van der Waals surface area contributed by atoms with E-state index in [2.05, 4.69) is 35.1 Å². The molecule has 0 radical (unpaired) electrons. The summed E-state index contributed by atoms with van der Waals surface area (Å²) in [6, 6.07) is 1.11. The molecule has 0 aliphatic carbocycles. The molecular formula is C15H18BrF2NO2. The van der Waals surface area contributed by atoms with Crippen LogP contribution in [0.15, 0.2) is 15.0 Å². The van der Waals surface area contributed by atoms with Gasteiger partial charge in [-0.05, 0) is 34.5 Å². The lowest BCUT2D eigenvalue weighted by atomic mass is 10.1. The van der Waals surface area contributed by atoms with Crippen molar-refractivity contribution >= 4 is 26.9 Å². The maximum atomic E-state index is 13.9. The van der Waals surface area contributed by atoms with Gasteiger partial charge in [0.2, 0.25) is 5.82 Å². The van der Waals surface area contributed by atoms with Crippen LogP contribution >= 0.6 is 15.9 Å². The Balaban J connectivity index is 2.46. The normalized spacial score (nSPS) is 11.8. The Morgan fingerprint density at radius 2 is 2.10 bits per heavy atom. The average molecular weight is 362 g/mol. The van der Waals surface area contributed by atoms with E-state index >= 15 is 0 Å². The van der Waals surface area contributed by atoms with Crippen molar-refractivity contribution in [3.05, 3.63) is 33.5 Å². The van der Waals surface area contributed by atoms with E-state index in [1.807, 2.05) is 0 Å². The van der Waals surface area contributed by atoms with Crippen LogP contribution in [-0.4, -0.2) is 13.7 Å². The monoisotopic (exact) mass is 361 g/mol. The second-order valence-electron chi connectivity index (χ2n) is 5.32. The highest BCUT2D eigenvalue weighted by molar-refractivity contribution is 9.10. The molecule has 0 unspecified atom stereocenters. The van der Waals surface area contributed by atoms with Crippen molar-refractivity contribution in [2.75, 3.05) is 13.7 Å². The number of nitrogens with one attached hydrogen (secondary N) is 1. The van der Waals surface area contributed by atoms with Gasteiger partial charge in [-0.25, -0.2) is 4.39 Å². The minimum absolute atomic E-state index is 0.0738. The summed E-state index contributed by atoms with van der Waals surface area (Å²) in [5.41, 5.74) is 0.657. The Kier molecular flexibility index (Phi) is 5.35. The zero-order valence-electron chi connectivity index (χ0n) is 12.2. The van der Waals surface area contributed by atoms with Gasteiger partial charge in [0.05, 0.1) is 13.2 Å². The second-order valence-corrected chi connectivity index (χ2v) is 6.17. The van der Waals surface area contributed by atoms with Gasteiger partial charge in [-0.1, -0.05) is 13.8 Å². The largest absolute Gasteiger partial charge is 0.456 e. The minimum atomic E-state index is -0.972. The summed E-state index contributed by atoms with van der Waals surface area (Å²) in [6.45, 7) is 5.70. The summed E-state index contributed by atoms with van der Waals surface area (Å²) in [6.07, 6.45) is 0. The smallest absolute Gasteiger partial charge is 0.201 e. The lowest BCUT2D eigenvalue weighted by Crippen LogP contribution is -2.19. The highest BCUT2D eigenvalue weighted by Crippen LogP contribution is 2.35. The first-order chi connectivity index (χ1) is 9.95. The average Bonchev–Trinajstić information content (AvgIpc) is 2.76. The van der Waals surface area contributed by atoms with Crippen LogP contribution in [0.5, 0.6) is 0 Å². The molecule has 6 heteroatoms. The van der Waals surface area contributed by atoms with E-state index in [1.165, 1.54) is 0 Å². The number of methoxy groups -OCH3 is 1. The third kappa shape index (κ3) is 3.44. The van der Waals surface area contributed by atoms with Crippen molar-refractivity contribution in [3.8, 4) is 0 Å². The number of rotatable bonds is 6. The minimum Gasteiger partial charge on any atom is -0.456 e. The summed E-state index contributed by atoms with van der Waals surface area (Å²) in [5, 5.41) is 3.76. The molecule has 1 aromatic carbocycles. The third-order valence-electron chi connectivity index (χ3n) is 3.12. The molecule has 0 spiro atoms. The first kappa shape index (κ1) is 16.4. The van der Waals surface area contributed by atoms with Crippen LogP contribution in [0.25, 0.3) is 11.0 Å². The Bertz CT molecular complexity index is 640. The van der Waals surface area contributed by atoms with Gasteiger partial charge in [0.15, 0.2) is 11.4 Å². The lowest BCUT2D eigenvalue weighted by molar-refractivity contribution is 0.183. The lowest BCUT2D eigenvalue weighted by Gasteiger charge is -2.07. The van der Waals surface area contributed by atoms with Crippen LogP contribution < -0.4 is 5.32 Å². The zero-order chi connectivity index (χ0) is 15.6. The van der Waals surface area contributed by atoms with E-state index in [9.17, 15) is 8.78 Å². The number of benzene rings is 1. The van der Waals surface area contributed by atoms with Gasteiger partial charge in [0, 0.05) is 22.5 Å². The predicted octanol–water partition coefficient (Wildman–Crippen LogP) is 4.37. The van der Waals surface area contributed by atoms with E-state index in [1.54, 1.807) is 7.11 Å². The van der Waals surface area contributed by atoms with Crippen LogP contribution in [0.2, 0.25) is 0 Å². The van der Waals surface area contributed by atoms with Gasteiger partial charge in [0.25, 0.3) is 0 Å². The molecule has 1 aromatic heterocycles. The highest BCUT2D eigenvalue weighted by Gasteiger charge is 2.22. The van der Waals surface area contributed by atoms with E-state index in [-0.39, 0.29) is 12.2 Å². The van der Waals surface area contributed by atoms with Crippen LogP contribution in [-0.2, 0) is 17.9 Å². The highest BCUT2D eigenvalue weighted by atomic mass is 79.9. The topological polar surface area (TPSA) is 34.4 Å². The molecule has 2 aromatic rings. The molecule has 0 bridgehead atoms. The number of ether oxygens (including phenoxy) is 1. The Morgan fingerprint density at radius 1 is 1.38 bits per heavy atom. The van der Waals surface area contributed by atoms with Crippen molar-refractivity contribution in [1.82, 2.24) is 5.32 Å². The maximum absolute atomic E-state index is 13.9. The standard InChI is InChI=1S/C15H18BrF2NO2/c1-8(2)5-19-6-12-9(7-20-3)13-10(16)4-11(17)14(18)15(13)21-12/h4,8,19H,5-7H2,1-3H3.